The fourth-order valence-electron chi connectivity index (χ4n) is 2.57. The van der Waals surface area contributed by atoms with Crippen molar-refractivity contribution in [1.82, 2.24) is 4.90 Å². The van der Waals surface area contributed by atoms with Crippen molar-refractivity contribution in [1.29, 1.82) is 0 Å². The van der Waals surface area contributed by atoms with Crippen LogP contribution in [-0.4, -0.2) is 22.4 Å². The molecule has 1 heterocycles. The van der Waals surface area contributed by atoms with Gasteiger partial charge in [0.2, 0.25) is 5.91 Å². The van der Waals surface area contributed by atoms with Gasteiger partial charge in [0.1, 0.15) is 0 Å². The number of hydrogen-bond acceptors (Lipinski definition) is 3. The van der Waals surface area contributed by atoms with Gasteiger partial charge in [0, 0.05) is 10.9 Å². The first-order chi connectivity index (χ1) is 8.53. The Kier molecular flexibility index (Phi) is 4.07. The van der Waals surface area contributed by atoms with Crippen molar-refractivity contribution in [3.63, 3.8) is 0 Å². The van der Waals surface area contributed by atoms with E-state index in [0.29, 0.717) is 6.54 Å². The number of hydrogen-bond donors (Lipinski definition) is 1. The van der Waals surface area contributed by atoms with Gasteiger partial charge in [0.05, 0.1) is 12.1 Å². The third kappa shape index (κ3) is 2.75. The van der Waals surface area contributed by atoms with Crippen LogP contribution in [0.4, 0.5) is 0 Å². The largest absolute Gasteiger partial charge is 0.334 e. The number of nitrogens with two attached hydrogens (primary N) is 1. The first kappa shape index (κ1) is 13.6. The van der Waals surface area contributed by atoms with Gasteiger partial charge in [0.25, 0.3) is 0 Å². The van der Waals surface area contributed by atoms with Gasteiger partial charge in [-0.05, 0) is 38.1 Å². The lowest BCUT2D eigenvalue weighted by molar-refractivity contribution is -0.139. The van der Waals surface area contributed by atoms with Crippen LogP contribution in [0.3, 0.4) is 0 Å². The lowest BCUT2D eigenvalue weighted by atomic mass is 9.96. The van der Waals surface area contributed by atoms with E-state index >= 15 is 0 Å². The molecule has 1 saturated carbocycles. The van der Waals surface area contributed by atoms with Gasteiger partial charge >= 0.3 is 0 Å². The van der Waals surface area contributed by atoms with Crippen LogP contribution in [0.5, 0.6) is 0 Å². The van der Waals surface area contributed by atoms with E-state index in [4.69, 9.17) is 5.73 Å². The molecule has 0 spiro atoms. The molecule has 2 rings (SSSR count). The monoisotopic (exact) mass is 266 g/mol. The molecule has 2 N–H and O–H groups in total. The fraction of sp³-hybridized carbons (Fsp3) is 0.643. The van der Waals surface area contributed by atoms with Crippen molar-refractivity contribution >= 4 is 17.2 Å². The predicted octanol–water partition coefficient (Wildman–Crippen LogP) is 2.76. The Morgan fingerprint density at radius 1 is 1.50 bits per heavy atom. The quantitative estimate of drug-likeness (QED) is 0.911. The number of amides is 1. The molecule has 3 nitrogen and oxygen atoms in total. The van der Waals surface area contributed by atoms with E-state index in [9.17, 15) is 4.79 Å². The molecule has 4 heteroatoms. The van der Waals surface area contributed by atoms with Crippen LogP contribution in [0.2, 0.25) is 0 Å². The summed E-state index contributed by atoms with van der Waals surface area (Å²) < 4.78 is 0. The zero-order valence-electron chi connectivity index (χ0n) is 11.2. The van der Waals surface area contributed by atoms with E-state index in [1.54, 1.807) is 11.3 Å². The maximum atomic E-state index is 12.6. The highest BCUT2D eigenvalue weighted by atomic mass is 32.1. The fourth-order valence-corrected chi connectivity index (χ4v) is 3.27. The van der Waals surface area contributed by atoms with E-state index in [1.165, 1.54) is 4.88 Å². The highest BCUT2D eigenvalue weighted by molar-refractivity contribution is 7.09. The third-order valence-corrected chi connectivity index (χ3v) is 4.57. The zero-order chi connectivity index (χ0) is 13.2. The molecule has 0 unspecified atom stereocenters. The molecule has 1 aliphatic rings. The van der Waals surface area contributed by atoms with E-state index in [-0.39, 0.29) is 11.9 Å². The van der Waals surface area contributed by atoms with E-state index < -0.39 is 5.54 Å². The molecule has 0 atom stereocenters. The summed E-state index contributed by atoms with van der Waals surface area (Å²) in [6.45, 7) is 4.81. The molecular formula is C14H22N2OS. The van der Waals surface area contributed by atoms with Crippen LogP contribution in [0.15, 0.2) is 17.5 Å². The smallest absolute Gasteiger partial charge is 0.243 e. The summed E-state index contributed by atoms with van der Waals surface area (Å²) in [6, 6.07) is 4.29. The number of rotatable bonds is 4. The Balaban J connectivity index is 2.12. The van der Waals surface area contributed by atoms with Gasteiger partial charge in [-0.3, -0.25) is 4.79 Å². The average Bonchev–Trinajstić information content (AvgIpc) is 2.96. The summed E-state index contributed by atoms with van der Waals surface area (Å²) >= 11 is 1.69. The molecule has 1 aliphatic carbocycles. The average molecular weight is 266 g/mol. The van der Waals surface area contributed by atoms with Crippen LogP contribution in [0, 0.1) is 0 Å². The Labute approximate surface area is 113 Å². The highest BCUT2D eigenvalue weighted by Crippen LogP contribution is 2.30. The zero-order valence-corrected chi connectivity index (χ0v) is 12.0. The summed E-state index contributed by atoms with van der Waals surface area (Å²) in [6.07, 6.45) is 3.82. The lowest BCUT2D eigenvalue weighted by Crippen LogP contribution is -2.55. The van der Waals surface area contributed by atoms with Crippen molar-refractivity contribution in [2.75, 3.05) is 0 Å². The summed E-state index contributed by atoms with van der Waals surface area (Å²) in [4.78, 5) is 15.8. The highest BCUT2D eigenvalue weighted by Gasteiger charge is 2.40. The molecule has 0 saturated heterocycles. The van der Waals surface area contributed by atoms with Crippen LogP contribution in [0.1, 0.15) is 44.4 Å². The van der Waals surface area contributed by atoms with Crippen molar-refractivity contribution in [3.8, 4) is 0 Å². The second kappa shape index (κ2) is 5.41. The van der Waals surface area contributed by atoms with Crippen LogP contribution >= 0.6 is 11.3 Å². The van der Waals surface area contributed by atoms with Gasteiger partial charge in [-0.15, -0.1) is 11.3 Å². The lowest BCUT2D eigenvalue weighted by Gasteiger charge is -2.34. The van der Waals surface area contributed by atoms with Gasteiger partial charge in [-0.2, -0.15) is 0 Å². The first-order valence-electron chi connectivity index (χ1n) is 6.65. The normalized spacial score (nSPS) is 18.2. The summed E-state index contributed by atoms with van der Waals surface area (Å²) in [5.41, 5.74) is 5.67. The van der Waals surface area contributed by atoms with Gasteiger partial charge in [-0.1, -0.05) is 18.9 Å². The van der Waals surface area contributed by atoms with Crippen molar-refractivity contribution < 1.29 is 4.79 Å². The van der Waals surface area contributed by atoms with Crippen LogP contribution < -0.4 is 5.73 Å². The van der Waals surface area contributed by atoms with Crippen LogP contribution in [-0.2, 0) is 11.3 Å². The van der Waals surface area contributed by atoms with Crippen molar-refractivity contribution in [2.45, 2.75) is 57.7 Å². The Morgan fingerprint density at radius 3 is 2.67 bits per heavy atom. The first-order valence-corrected chi connectivity index (χ1v) is 7.53. The molecule has 0 aromatic carbocycles. The molecule has 0 bridgehead atoms. The van der Waals surface area contributed by atoms with E-state index in [2.05, 4.69) is 19.9 Å². The van der Waals surface area contributed by atoms with E-state index in [1.807, 2.05) is 16.3 Å². The molecular weight excluding hydrogens is 244 g/mol. The number of carbonyl (C=O) groups is 1. The third-order valence-electron chi connectivity index (χ3n) is 3.71. The minimum Gasteiger partial charge on any atom is -0.334 e. The minimum absolute atomic E-state index is 0.128. The molecule has 100 valence electrons. The summed E-state index contributed by atoms with van der Waals surface area (Å²) in [5.74, 6) is 0.128. The SMILES string of the molecule is CC(C)N(Cc1cccs1)C(=O)C1(N)CCCC1. The van der Waals surface area contributed by atoms with E-state index in [0.717, 1.165) is 25.7 Å². The maximum absolute atomic E-state index is 12.6. The van der Waals surface area contributed by atoms with Crippen molar-refractivity contribution in [3.05, 3.63) is 22.4 Å². The maximum Gasteiger partial charge on any atom is 0.243 e. The van der Waals surface area contributed by atoms with Crippen LogP contribution in [0.25, 0.3) is 0 Å². The van der Waals surface area contributed by atoms with Gasteiger partial charge < -0.3 is 10.6 Å². The minimum atomic E-state index is -0.610. The predicted molar refractivity (Wildman–Crippen MR) is 75.4 cm³/mol. The van der Waals surface area contributed by atoms with Gasteiger partial charge in [0.15, 0.2) is 0 Å². The number of nitrogens with zero attached hydrogens (tertiary/aromatic N) is 1. The molecule has 1 fully saturated rings. The number of thiophene rings is 1. The summed E-state index contributed by atoms with van der Waals surface area (Å²) in [5, 5.41) is 2.05. The second-order valence-corrected chi connectivity index (χ2v) is 6.50. The summed E-state index contributed by atoms with van der Waals surface area (Å²) in [7, 11) is 0. The molecule has 1 aromatic rings. The van der Waals surface area contributed by atoms with Gasteiger partial charge in [-0.25, -0.2) is 0 Å². The second-order valence-electron chi connectivity index (χ2n) is 5.47. The molecule has 0 aliphatic heterocycles. The Morgan fingerprint density at radius 2 is 2.17 bits per heavy atom. The Bertz CT molecular complexity index is 394. The molecule has 1 aromatic heterocycles. The van der Waals surface area contributed by atoms with Crippen molar-refractivity contribution in [2.24, 2.45) is 5.73 Å². The topological polar surface area (TPSA) is 46.3 Å². The molecule has 0 radical (unpaired) electrons. The Hall–Kier alpha value is -0.870. The standard InChI is InChI=1S/C14H22N2OS/c1-11(2)16(10-12-6-5-9-18-12)13(17)14(15)7-3-4-8-14/h5-6,9,11H,3-4,7-8,10,15H2,1-2H3. The number of carbonyl (C=O) groups excluding carboxylic acids is 1. The molecule has 18 heavy (non-hydrogen) atoms. The molecule has 1 amide bonds.